The molecule has 0 saturated heterocycles. The van der Waals surface area contributed by atoms with Gasteiger partial charge in [0.15, 0.2) is 0 Å². The second-order valence-electron chi connectivity index (χ2n) is 4.68. The topological polar surface area (TPSA) is 9.23 Å². The van der Waals surface area contributed by atoms with Gasteiger partial charge in [0.1, 0.15) is 5.75 Å². The number of fused-ring (bicyclic) bond motifs is 1. The van der Waals surface area contributed by atoms with Gasteiger partial charge in [0, 0.05) is 5.39 Å². The fourth-order valence-corrected chi connectivity index (χ4v) is 3.20. The van der Waals surface area contributed by atoms with Crippen LogP contribution < -0.4 is 4.74 Å². The van der Waals surface area contributed by atoms with Gasteiger partial charge in [0.05, 0.1) is 11.9 Å². The van der Waals surface area contributed by atoms with Crippen LogP contribution in [0.15, 0.2) is 66.7 Å². The van der Waals surface area contributed by atoms with Crippen LogP contribution in [0.4, 0.5) is 0 Å². The summed E-state index contributed by atoms with van der Waals surface area (Å²) in [5.41, 5.74) is 2.51. The first kappa shape index (κ1) is 13.2. The zero-order valence-electron chi connectivity index (χ0n) is 11.2. The molecule has 1 unspecified atom stereocenters. The number of alkyl halides is 1. The van der Waals surface area contributed by atoms with Gasteiger partial charge in [0.2, 0.25) is 0 Å². The summed E-state index contributed by atoms with van der Waals surface area (Å²) in [5, 5.41) is 2.37. The summed E-state index contributed by atoms with van der Waals surface area (Å²) in [6, 6.07) is 23.0. The quantitative estimate of drug-likeness (QED) is 0.591. The van der Waals surface area contributed by atoms with E-state index in [1.165, 1.54) is 16.5 Å². The lowest BCUT2D eigenvalue weighted by Crippen LogP contribution is -1.95. The van der Waals surface area contributed by atoms with Gasteiger partial charge < -0.3 is 4.74 Å². The van der Waals surface area contributed by atoms with Gasteiger partial charge in [-0.25, -0.2) is 0 Å². The first-order chi connectivity index (χ1) is 9.81. The number of hydrogen-bond donors (Lipinski definition) is 0. The Kier molecular flexibility index (Phi) is 3.75. The second kappa shape index (κ2) is 5.68. The Morgan fingerprint density at radius 3 is 2.15 bits per heavy atom. The Balaban J connectivity index is 2.18. The van der Waals surface area contributed by atoms with Crippen molar-refractivity contribution in [2.75, 3.05) is 7.11 Å². The van der Waals surface area contributed by atoms with E-state index in [9.17, 15) is 0 Å². The lowest BCUT2D eigenvalue weighted by Gasteiger charge is -2.15. The normalized spacial score (nSPS) is 12.3. The molecule has 1 nitrogen and oxygen atoms in total. The Morgan fingerprint density at radius 1 is 0.800 bits per heavy atom. The molecule has 0 fully saturated rings. The number of rotatable bonds is 3. The van der Waals surface area contributed by atoms with Crippen LogP contribution in [0.2, 0.25) is 0 Å². The van der Waals surface area contributed by atoms with Crippen molar-refractivity contribution in [1.82, 2.24) is 0 Å². The third-order valence-corrected chi connectivity index (χ3v) is 4.52. The van der Waals surface area contributed by atoms with E-state index < -0.39 is 0 Å². The third kappa shape index (κ3) is 2.32. The first-order valence-electron chi connectivity index (χ1n) is 6.56. The Morgan fingerprint density at radius 2 is 1.45 bits per heavy atom. The maximum absolute atomic E-state index is 5.45. The highest BCUT2D eigenvalue weighted by molar-refractivity contribution is 9.09. The molecule has 0 amide bonds. The molecule has 0 saturated carbocycles. The monoisotopic (exact) mass is 326 g/mol. The van der Waals surface area contributed by atoms with Crippen LogP contribution in [0.25, 0.3) is 10.8 Å². The third-order valence-electron chi connectivity index (χ3n) is 3.50. The molecule has 0 heterocycles. The highest BCUT2D eigenvalue weighted by Crippen LogP contribution is 2.38. The highest BCUT2D eigenvalue weighted by Gasteiger charge is 2.14. The SMILES string of the molecule is COc1ccc(C(Br)c2ccccc2)c2ccccc12. The lowest BCUT2D eigenvalue weighted by molar-refractivity contribution is 0.419. The largest absolute Gasteiger partial charge is 0.496 e. The van der Waals surface area contributed by atoms with Gasteiger partial charge in [-0.15, -0.1) is 0 Å². The summed E-state index contributed by atoms with van der Waals surface area (Å²) in [7, 11) is 1.71. The standard InChI is InChI=1S/C18H15BrO/c1-20-17-12-11-16(14-9-5-6-10-15(14)17)18(19)13-7-3-2-4-8-13/h2-12,18H,1H3. The van der Waals surface area contributed by atoms with Gasteiger partial charge >= 0.3 is 0 Å². The van der Waals surface area contributed by atoms with Gasteiger partial charge in [-0.2, -0.15) is 0 Å². The molecule has 0 radical (unpaired) electrons. The molecule has 0 aromatic heterocycles. The molecule has 1 atom stereocenters. The van der Waals surface area contributed by atoms with Crippen molar-refractivity contribution in [1.29, 1.82) is 0 Å². The number of hydrogen-bond acceptors (Lipinski definition) is 1. The van der Waals surface area contributed by atoms with Crippen LogP contribution in [0.5, 0.6) is 5.75 Å². The minimum Gasteiger partial charge on any atom is -0.496 e. The van der Waals surface area contributed by atoms with Crippen molar-refractivity contribution in [3.63, 3.8) is 0 Å². The van der Waals surface area contributed by atoms with Crippen LogP contribution >= 0.6 is 15.9 Å². The molecule has 3 aromatic rings. The van der Waals surface area contributed by atoms with Crippen LogP contribution in [-0.4, -0.2) is 7.11 Å². The summed E-state index contributed by atoms with van der Waals surface area (Å²) in [4.78, 5) is 0.180. The molecule has 20 heavy (non-hydrogen) atoms. The Labute approximate surface area is 127 Å². The maximum atomic E-state index is 5.45. The van der Waals surface area contributed by atoms with E-state index in [4.69, 9.17) is 4.74 Å². The number of benzene rings is 3. The molecular formula is C18H15BrO. The van der Waals surface area contributed by atoms with Gasteiger partial charge in [-0.3, -0.25) is 0 Å². The molecule has 0 N–H and O–H groups in total. The molecule has 2 heteroatoms. The molecule has 0 spiro atoms. The summed E-state index contributed by atoms with van der Waals surface area (Å²) < 4.78 is 5.45. The van der Waals surface area contributed by atoms with Crippen molar-refractivity contribution in [3.05, 3.63) is 77.9 Å². The molecule has 0 bridgehead atoms. The lowest BCUT2D eigenvalue weighted by atomic mass is 9.98. The van der Waals surface area contributed by atoms with E-state index in [2.05, 4.69) is 64.5 Å². The average molecular weight is 327 g/mol. The van der Waals surface area contributed by atoms with Crippen molar-refractivity contribution >= 4 is 26.7 Å². The number of ether oxygens (including phenoxy) is 1. The van der Waals surface area contributed by atoms with Crippen molar-refractivity contribution in [3.8, 4) is 5.75 Å². The molecule has 0 aliphatic carbocycles. The Bertz CT molecular complexity index is 722. The minimum atomic E-state index is 0.180. The number of halogens is 1. The van der Waals surface area contributed by atoms with Crippen molar-refractivity contribution < 1.29 is 4.74 Å². The molecule has 0 aliphatic rings. The summed E-state index contributed by atoms with van der Waals surface area (Å²) in [6.07, 6.45) is 0. The average Bonchev–Trinajstić information content (AvgIpc) is 2.54. The van der Waals surface area contributed by atoms with Gasteiger partial charge in [-0.05, 0) is 22.6 Å². The van der Waals surface area contributed by atoms with E-state index in [0.29, 0.717) is 0 Å². The molecule has 100 valence electrons. The maximum Gasteiger partial charge on any atom is 0.126 e. The Hall–Kier alpha value is -1.80. The number of methoxy groups -OCH3 is 1. The van der Waals surface area contributed by atoms with Crippen LogP contribution in [0.3, 0.4) is 0 Å². The van der Waals surface area contributed by atoms with E-state index in [1.54, 1.807) is 7.11 Å². The molecule has 3 rings (SSSR count). The fraction of sp³-hybridized carbons (Fsp3) is 0.111. The summed E-state index contributed by atoms with van der Waals surface area (Å²) in [5.74, 6) is 0.914. The predicted molar refractivity (Wildman–Crippen MR) is 87.7 cm³/mol. The van der Waals surface area contributed by atoms with Gasteiger partial charge in [-0.1, -0.05) is 76.6 Å². The van der Waals surface area contributed by atoms with E-state index in [1.807, 2.05) is 18.2 Å². The van der Waals surface area contributed by atoms with Crippen LogP contribution in [0, 0.1) is 0 Å². The summed E-state index contributed by atoms with van der Waals surface area (Å²) in [6.45, 7) is 0. The fourth-order valence-electron chi connectivity index (χ4n) is 2.50. The second-order valence-corrected chi connectivity index (χ2v) is 5.59. The minimum absolute atomic E-state index is 0.180. The zero-order chi connectivity index (χ0) is 13.9. The first-order valence-corrected chi connectivity index (χ1v) is 7.47. The smallest absolute Gasteiger partial charge is 0.126 e. The zero-order valence-corrected chi connectivity index (χ0v) is 12.8. The molecule has 3 aromatic carbocycles. The van der Waals surface area contributed by atoms with Crippen molar-refractivity contribution in [2.45, 2.75) is 4.83 Å². The van der Waals surface area contributed by atoms with E-state index in [0.717, 1.165) is 11.1 Å². The van der Waals surface area contributed by atoms with E-state index >= 15 is 0 Å². The van der Waals surface area contributed by atoms with E-state index in [-0.39, 0.29) is 4.83 Å². The molecular weight excluding hydrogens is 312 g/mol. The van der Waals surface area contributed by atoms with Crippen LogP contribution in [0.1, 0.15) is 16.0 Å². The summed E-state index contributed by atoms with van der Waals surface area (Å²) >= 11 is 3.82. The van der Waals surface area contributed by atoms with Gasteiger partial charge in [0.25, 0.3) is 0 Å². The molecule has 0 aliphatic heterocycles. The van der Waals surface area contributed by atoms with Crippen LogP contribution in [-0.2, 0) is 0 Å². The predicted octanol–water partition coefficient (Wildman–Crippen LogP) is 5.33. The van der Waals surface area contributed by atoms with Crippen molar-refractivity contribution in [2.24, 2.45) is 0 Å². The highest BCUT2D eigenvalue weighted by atomic mass is 79.9.